The molecule has 0 spiro atoms. The van der Waals surface area contributed by atoms with Crippen LogP contribution in [0.5, 0.6) is 0 Å². The normalized spacial score (nSPS) is 13.0. The molecule has 0 saturated carbocycles. The Balaban J connectivity index is -0.0000000873. The predicted molar refractivity (Wildman–Crippen MR) is 113 cm³/mol. The molecule has 29 heavy (non-hydrogen) atoms. The van der Waals surface area contributed by atoms with Gasteiger partial charge in [-0.05, 0) is 0 Å². The number of carbonyl (C=O) groups excluding carboxylic acids is 4. The van der Waals surface area contributed by atoms with E-state index < -0.39 is 48.0 Å². The average molecular weight is 560 g/mol. The minimum atomic E-state index is -1.25. The number of aliphatic carboxylic acids is 4. The second-order valence-electron chi connectivity index (χ2n) is 4.43. The van der Waals surface area contributed by atoms with Gasteiger partial charge < -0.3 is 62.5 Å². The Morgan fingerprint density at radius 2 is 0.621 bits per heavy atom. The summed E-state index contributed by atoms with van der Waals surface area (Å²) in [5.74, 6) is -4.51. The van der Waals surface area contributed by atoms with E-state index in [0.717, 1.165) is 0 Å². The maximum atomic E-state index is 9.65. The number of rotatable bonds is 8. The fourth-order valence-electron chi connectivity index (χ4n) is 0.298. The van der Waals surface area contributed by atoms with Crippen LogP contribution in [0.1, 0.15) is 0 Å². The summed E-state index contributed by atoms with van der Waals surface area (Å²) in [4.78, 5) is 38.6. The molecule has 0 saturated heterocycles. The third kappa shape index (κ3) is 32.5. The molecule has 12 nitrogen and oxygen atoms in total. The molecule has 0 aliphatic heterocycles. The maximum Gasteiger partial charge on any atom is 4.00 e. The van der Waals surface area contributed by atoms with E-state index in [-0.39, 0.29) is 40.1 Å². The van der Waals surface area contributed by atoms with Crippen LogP contribution in [0, 0.1) is 0 Å². The molecule has 0 bridgehead atoms. The molecule has 0 aromatic rings. The molecule has 0 amide bonds. The van der Waals surface area contributed by atoms with E-state index in [1.165, 1.54) is 0 Å². The molecular weight excluding hydrogens is 535 g/mol. The van der Waals surface area contributed by atoms with Gasteiger partial charge in [-0.1, -0.05) is 0 Å². The third-order valence-electron chi connectivity index (χ3n) is 2.00. The third-order valence-corrected chi connectivity index (χ3v) is 3.57. The summed E-state index contributed by atoms with van der Waals surface area (Å²) in [5, 5.41) is 38.6. The average Bonchev–Trinajstić information content (AvgIpc) is 2.66. The fourth-order valence-corrected chi connectivity index (χ4v) is 0.894. The molecule has 0 unspecified atom stereocenters. The summed E-state index contributed by atoms with van der Waals surface area (Å²) in [6.07, 6.45) is 0. The van der Waals surface area contributed by atoms with Crippen LogP contribution in [0.4, 0.5) is 0 Å². The fraction of sp³-hybridized carbons (Fsp3) is 0.667. The van der Waals surface area contributed by atoms with Crippen LogP contribution in [-0.2, 0) is 19.2 Å². The summed E-state index contributed by atoms with van der Waals surface area (Å²) in [7, 11) is 0. The van der Waals surface area contributed by atoms with Gasteiger partial charge in [0.15, 0.2) is 0 Å². The molecule has 0 aromatic carbocycles. The molecule has 0 fully saturated rings. The molecule has 2 radical (unpaired) electrons. The smallest absolute Gasteiger partial charge is 0.548 e. The van der Waals surface area contributed by atoms with E-state index in [9.17, 15) is 39.6 Å². The van der Waals surface area contributed by atoms with Crippen molar-refractivity contribution < 1.29 is 39.6 Å². The Bertz CT molecular complexity index is 388. The Labute approximate surface area is 200 Å². The van der Waals surface area contributed by atoms with Crippen molar-refractivity contribution in [1.29, 1.82) is 0 Å². The van der Waals surface area contributed by atoms with Crippen molar-refractivity contribution >= 4 is 91.5 Å². The van der Waals surface area contributed by atoms with Gasteiger partial charge in [0.25, 0.3) is 0 Å². The van der Waals surface area contributed by atoms with Crippen LogP contribution in [0.2, 0.25) is 0 Å². The number of carboxylic acids is 4. The van der Waals surface area contributed by atoms with Crippen molar-refractivity contribution in [1.82, 2.24) is 0 Å². The largest absolute Gasteiger partial charge is 4.00 e. The van der Waals surface area contributed by atoms with E-state index in [4.69, 9.17) is 22.9 Å². The van der Waals surface area contributed by atoms with Gasteiger partial charge in [-0.25, -0.2) is 0 Å². The first-order chi connectivity index (χ1) is 12.7. The zero-order valence-electron chi connectivity index (χ0n) is 14.9. The molecule has 8 N–H and O–H groups in total. The van der Waals surface area contributed by atoms with Crippen molar-refractivity contribution in [2.75, 3.05) is 23.0 Å². The number of thiol groups is 4. The molecule has 0 heterocycles. The second-order valence-corrected chi connectivity index (χ2v) is 5.89. The summed E-state index contributed by atoms with van der Waals surface area (Å²) >= 11 is 14.4. The number of hydrogen-bond acceptors (Lipinski definition) is 16. The van der Waals surface area contributed by atoms with Crippen molar-refractivity contribution in [3.05, 3.63) is 0 Å². The van der Waals surface area contributed by atoms with Crippen molar-refractivity contribution in [2.45, 2.75) is 24.2 Å². The number of nitrogens with two attached hydrogens (primary N) is 4. The monoisotopic (exact) mass is 560 g/mol. The Morgan fingerprint density at radius 1 is 0.517 bits per heavy atom. The van der Waals surface area contributed by atoms with Crippen molar-refractivity contribution in [3.63, 3.8) is 0 Å². The van der Waals surface area contributed by atoms with Gasteiger partial charge in [0.1, 0.15) is 0 Å². The van der Waals surface area contributed by atoms with Gasteiger partial charge in [0, 0.05) is 23.0 Å². The van der Waals surface area contributed by atoms with Gasteiger partial charge in [0.05, 0.1) is 48.0 Å². The van der Waals surface area contributed by atoms with Crippen LogP contribution >= 0.6 is 50.5 Å². The Hall–Kier alpha value is -0.361. The zero-order valence-corrected chi connectivity index (χ0v) is 20.2. The van der Waals surface area contributed by atoms with Crippen molar-refractivity contribution in [2.24, 2.45) is 22.9 Å². The van der Waals surface area contributed by atoms with E-state index in [1.54, 1.807) is 0 Å². The van der Waals surface area contributed by atoms with E-state index in [1.807, 2.05) is 0 Å². The van der Waals surface area contributed by atoms with Crippen LogP contribution in [0.25, 0.3) is 0 Å². The summed E-state index contributed by atoms with van der Waals surface area (Å²) in [5.41, 5.74) is 19.5. The van der Waals surface area contributed by atoms with Gasteiger partial charge in [-0.15, -0.1) is 0 Å². The number of hydrogen-bond donors (Lipinski definition) is 8. The van der Waals surface area contributed by atoms with Gasteiger partial charge in [-0.3, -0.25) is 0 Å². The molecular formula is C12H24N4O8S4Se. The van der Waals surface area contributed by atoms with E-state index >= 15 is 0 Å². The van der Waals surface area contributed by atoms with E-state index in [2.05, 4.69) is 50.5 Å². The quantitative estimate of drug-likeness (QED) is 0.102. The first-order valence-corrected chi connectivity index (χ1v) is 9.55. The molecule has 0 aliphatic rings. The summed E-state index contributed by atoms with van der Waals surface area (Å²) in [6, 6.07) is -3.71. The minimum Gasteiger partial charge on any atom is -0.548 e. The first-order valence-electron chi connectivity index (χ1n) is 7.02. The summed E-state index contributed by atoms with van der Waals surface area (Å²) < 4.78 is 0. The predicted octanol–water partition coefficient (Wildman–Crippen LogP) is -8.41. The summed E-state index contributed by atoms with van der Waals surface area (Å²) in [6.45, 7) is 0. The van der Waals surface area contributed by atoms with Crippen LogP contribution in [0.3, 0.4) is 0 Å². The van der Waals surface area contributed by atoms with Crippen LogP contribution < -0.4 is 43.4 Å². The van der Waals surface area contributed by atoms with E-state index in [0.29, 0.717) is 0 Å². The number of carbonyl (C=O) groups is 4. The van der Waals surface area contributed by atoms with Crippen LogP contribution in [-0.4, -0.2) is 88.1 Å². The van der Waals surface area contributed by atoms with Gasteiger partial charge in [0.2, 0.25) is 0 Å². The van der Waals surface area contributed by atoms with Crippen LogP contribution in [0.15, 0.2) is 0 Å². The van der Waals surface area contributed by atoms with Crippen molar-refractivity contribution in [3.8, 4) is 0 Å². The SMILES string of the molecule is N[C@@H](CS)C(=O)[O-].N[C@@H](CS)C(=O)[O-].N[C@@H](CS)C(=O)[O-].N[C@@H](CS)C(=O)[O-].[Se+4]. The molecule has 0 rings (SSSR count). The molecule has 0 aliphatic carbocycles. The standard InChI is InChI=1S/4C3H7NO2S.Se/c4*4-2(1-7)3(5)6;/h4*2,7H,1,4H2,(H,5,6);/q;;;;+4/p-4/t4*2-;/m0000./s1. The number of carboxylic acid groups (broad SMARTS) is 4. The van der Waals surface area contributed by atoms with Gasteiger partial charge in [-0.2, -0.15) is 50.5 Å². The molecule has 170 valence electrons. The second kappa shape index (κ2) is 25.7. The molecule has 4 atom stereocenters. The Morgan fingerprint density at radius 3 is 0.621 bits per heavy atom. The van der Waals surface area contributed by atoms with Gasteiger partial charge >= 0.3 is 17.1 Å². The zero-order chi connectivity index (χ0) is 23.4. The maximum absolute atomic E-state index is 9.65. The first kappa shape index (κ1) is 39.2. The molecule has 17 heteroatoms. The molecule has 0 aromatic heterocycles. The Kier molecular flexibility index (Phi) is 34.7. The topological polar surface area (TPSA) is 265 Å². The minimum absolute atomic E-state index is 0.